The van der Waals surface area contributed by atoms with Crippen LogP contribution in [0.1, 0.15) is 37.6 Å². The topological polar surface area (TPSA) is 38.3 Å². The number of carbonyl (C=O) groups is 1. The normalized spacial score (nSPS) is 12.2. The van der Waals surface area contributed by atoms with Gasteiger partial charge in [-0.15, -0.1) is 0 Å². The van der Waals surface area contributed by atoms with Gasteiger partial charge in [-0.1, -0.05) is 19.1 Å². The lowest BCUT2D eigenvalue weighted by molar-refractivity contribution is 0.0968. The van der Waals surface area contributed by atoms with E-state index in [1.54, 1.807) is 0 Å². The molecule has 0 saturated carbocycles. The molecule has 0 bridgehead atoms. The number of para-hydroxylation sites is 1. The van der Waals surface area contributed by atoms with Gasteiger partial charge in [-0.25, -0.2) is 0 Å². The van der Waals surface area contributed by atoms with Crippen LogP contribution in [-0.4, -0.2) is 25.0 Å². The Bertz CT molecular complexity index is 363. The third-order valence-corrected chi connectivity index (χ3v) is 2.53. The van der Waals surface area contributed by atoms with Crippen LogP contribution in [-0.2, 0) is 0 Å². The van der Waals surface area contributed by atoms with Gasteiger partial charge < -0.3 is 10.1 Å². The minimum atomic E-state index is 0.127. The molecule has 1 aromatic rings. The predicted octanol–water partition coefficient (Wildman–Crippen LogP) is 2.66. The number of carbonyl (C=O) groups excluding carboxylic acids is 1. The highest BCUT2D eigenvalue weighted by Crippen LogP contribution is 2.20. The first-order chi connectivity index (χ1) is 8.19. The second kappa shape index (κ2) is 7.07. The van der Waals surface area contributed by atoms with Crippen LogP contribution in [0.15, 0.2) is 24.3 Å². The van der Waals surface area contributed by atoms with Gasteiger partial charge >= 0.3 is 0 Å². The summed E-state index contributed by atoms with van der Waals surface area (Å²) in [5.41, 5.74) is 0.680. The largest absolute Gasteiger partial charge is 0.493 e. The summed E-state index contributed by atoms with van der Waals surface area (Å²) < 4.78 is 5.46. The molecule has 0 aromatic heterocycles. The van der Waals surface area contributed by atoms with Crippen LogP contribution in [0.5, 0.6) is 5.75 Å². The third-order valence-electron chi connectivity index (χ3n) is 2.53. The zero-order chi connectivity index (χ0) is 12.7. The minimum Gasteiger partial charge on any atom is -0.493 e. The van der Waals surface area contributed by atoms with Gasteiger partial charge in [0.05, 0.1) is 12.2 Å². The van der Waals surface area contributed by atoms with Crippen molar-refractivity contribution in [2.75, 3.05) is 13.2 Å². The van der Waals surface area contributed by atoms with Crippen LogP contribution in [0.3, 0.4) is 0 Å². The standard InChI is InChI=1S/C14H21NO2/c1-4-15-11(3)10-13(16)12-8-6-7-9-14(12)17-5-2/h6-9,11,15H,4-5,10H2,1-3H3. The first kappa shape index (κ1) is 13.7. The molecule has 0 fully saturated rings. The quantitative estimate of drug-likeness (QED) is 0.738. The van der Waals surface area contributed by atoms with E-state index in [1.165, 1.54) is 0 Å². The Morgan fingerprint density at radius 2 is 2.06 bits per heavy atom. The smallest absolute Gasteiger partial charge is 0.168 e. The van der Waals surface area contributed by atoms with Crippen molar-refractivity contribution in [3.8, 4) is 5.75 Å². The fourth-order valence-electron chi connectivity index (χ4n) is 1.79. The predicted molar refractivity (Wildman–Crippen MR) is 69.7 cm³/mol. The Morgan fingerprint density at radius 3 is 2.71 bits per heavy atom. The first-order valence-electron chi connectivity index (χ1n) is 6.17. The van der Waals surface area contributed by atoms with Gasteiger partial charge in [0.1, 0.15) is 5.75 Å². The summed E-state index contributed by atoms with van der Waals surface area (Å²) in [5.74, 6) is 0.811. The average Bonchev–Trinajstić information content (AvgIpc) is 2.30. The van der Waals surface area contributed by atoms with Gasteiger partial charge in [0.2, 0.25) is 0 Å². The lowest BCUT2D eigenvalue weighted by atomic mass is 10.0. The van der Waals surface area contributed by atoms with Crippen LogP contribution < -0.4 is 10.1 Å². The molecule has 0 heterocycles. The average molecular weight is 235 g/mol. The molecular formula is C14H21NO2. The van der Waals surface area contributed by atoms with Gasteiger partial charge in [-0.05, 0) is 32.5 Å². The maximum atomic E-state index is 12.1. The van der Waals surface area contributed by atoms with Crippen LogP contribution >= 0.6 is 0 Å². The molecule has 1 unspecified atom stereocenters. The highest BCUT2D eigenvalue weighted by Gasteiger charge is 2.14. The fraction of sp³-hybridized carbons (Fsp3) is 0.500. The van der Waals surface area contributed by atoms with Crippen molar-refractivity contribution >= 4 is 5.78 Å². The number of benzene rings is 1. The van der Waals surface area contributed by atoms with E-state index in [0.717, 1.165) is 6.54 Å². The number of hydrogen-bond donors (Lipinski definition) is 1. The van der Waals surface area contributed by atoms with E-state index in [4.69, 9.17) is 4.74 Å². The summed E-state index contributed by atoms with van der Waals surface area (Å²) in [6, 6.07) is 7.62. The Morgan fingerprint density at radius 1 is 1.35 bits per heavy atom. The molecule has 0 aliphatic rings. The minimum absolute atomic E-state index is 0.127. The lowest BCUT2D eigenvalue weighted by Gasteiger charge is -2.13. The molecule has 0 radical (unpaired) electrons. The van der Waals surface area contributed by atoms with E-state index < -0.39 is 0 Å². The van der Waals surface area contributed by atoms with E-state index >= 15 is 0 Å². The summed E-state index contributed by atoms with van der Waals surface area (Å²) in [5, 5.41) is 3.24. The molecule has 0 saturated heterocycles. The van der Waals surface area contributed by atoms with Gasteiger partial charge in [0.15, 0.2) is 5.78 Å². The molecule has 0 aliphatic carbocycles. The second-order valence-corrected chi connectivity index (χ2v) is 4.02. The molecule has 1 rings (SSSR count). The van der Waals surface area contributed by atoms with Crippen molar-refractivity contribution in [1.82, 2.24) is 5.32 Å². The van der Waals surface area contributed by atoms with Gasteiger partial charge in [0.25, 0.3) is 0 Å². The summed E-state index contributed by atoms with van der Waals surface area (Å²) in [4.78, 5) is 12.1. The Balaban J connectivity index is 2.74. The molecule has 3 heteroatoms. The van der Waals surface area contributed by atoms with Gasteiger partial charge in [-0.3, -0.25) is 4.79 Å². The fourth-order valence-corrected chi connectivity index (χ4v) is 1.79. The molecular weight excluding hydrogens is 214 g/mol. The molecule has 1 atom stereocenters. The van der Waals surface area contributed by atoms with E-state index in [9.17, 15) is 4.79 Å². The van der Waals surface area contributed by atoms with Crippen LogP contribution in [0.2, 0.25) is 0 Å². The Labute approximate surface area is 103 Å². The van der Waals surface area contributed by atoms with E-state index in [1.807, 2.05) is 45.0 Å². The first-order valence-corrected chi connectivity index (χ1v) is 6.17. The molecule has 17 heavy (non-hydrogen) atoms. The van der Waals surface area contributed by atoms with Crippen molar-refractivity contribution in [2.45, 2.75) is 33.2 Å². The van der Waals surface area contributed by atoms with Crippen molar-refractivity contribution < 1.29 is 9.53 Å². The van der Waals surface area contributed by atoms with Crippen LogP contribution in [0.4, 0.5) is 0 Å². The molecule has 0 amide bonds. The summed E-state index contributed by atoms with van der Waals surface area (Å²) >= 11 is 0. The van der Waals surface area contributed by atoms with Crippen molar-refractivity contribution in [3.05, 3.63) is 29.8 Å². The SMILES string of the molecule is CCNC(C)CC(=O)c1ccccc1OCC. The monoisotopic (exact) mass is 235 g/mol. The molecule has 0 spiro atoms. The molecule has 3 nitrogen and oxygen atoms in total. The number of Topliss-reactive ketones (excluding diaryl/α,β-unsaturated/α-hetero) is 1. The second-order valence-electron chi connectivity index (χ2n) is 4.02. The van der Waals surface area contributed by atoms with Crippen molar-refractivity contribution in [2.24, 2.45) is 0 Å². The van der Waals surface area contributed by atoms with Crippen molar-refractivity contribution in [1.29, 1.82) is 0 Å². The zero-order valence-electron chi connectivity index (χ0n) is 10.8. The lowest BCUT2D eigenvalue weighted by Crippen LogP contribution is -2.28. The van der Waals surface area contributed by atoms with E-state index in [-0.39, 0.29) is 11.8 Å². The summed E-state index contributed by atoms with van der Waals surface area (Å²) in [6.07, 6.45) is 0.498. The highest BCUT2D eigenvalue weighted by molar-refractivity contribution is 5.98. The number of ether oxygens (including phenoxy) is 1. The molecule has 94 valence electrons. The Kier molecular flexibility index (Phi) is 5.70. The summed E-state index contributed by atoms with van der Waals surface area (Å²) in [7, 11) is 0. The van der Waals surface area contributed by atoms with Gasteiger partial charge in [-0.2, -0.15) is 0 Å². The van der Waals surface area contributed by atoms with E-state index in [0.29, 0.717) is 24.3 Å². The third kappa shape index (κ3) is 4.19. The van der Waals surface area contributed by atoms with E-state index in [2.05, 4.69) is 5.32 Å². The number of nitrogens with one attached hydrogen (secondary N) is 1. The highest BCUT2D eigenvalue weighted by atomic mass is 16.5. The van der Waals surface area contributed by atoms with Crippen molar-refractivity contribution in [3.63, 3.8) is 0 Å². The number of hydrogen-bond acceptors (Lipinski definition) is 3. The number of rotatable bonds is 7. The summed E-state index contributed by atoms with van der Waals surface area (Å²) in [6.45, 7) is 7.43. The number of ketones is 1. The maximum Gasteiger partial charge on any atom is 0.168 e. The molecule has 0 aliphatic heterocycles. The molecule has 1 aromatic carbocycles. The van der Waals surface area contributed by atoms with Gasteiger partial charge in [0, 0.05) is 12.5 Å². The maximum absolute atomic E-state index is 12.1. The van der Waals surface area contributed by atoms with Crippen LogP contribution in [0, 0.1) is 0 Å². The Hall–Kier alpha value is -1.35. The zero-order valence-corrected chi connectivity index (χ0v) is 10.8. The van der Waals surface area contributed by atoms with Crippen LogP contribution in [0.25, 0.3) is 0 Å². The molecule has 1 N–H and O–H groups in total.